The summed E-state index contributed by atoms with van der Waals surface area (Å²) in [6.45, 7) is 1.65. The minimum atomic E-state index is -1.06. The predicted octanol–water partition coefficient (Wildman–Crippen LogP) is 3.28. The number of benzene rings is 2. The normalized spacial score (nSPS) is 16.5. The molecule has 7 nitrogen and oxygen atoms in total. The molecule has 0 bridgehead atoms. The van der Waals surface area contributed by atoms with Gasteiger partial charge < -0.3 is 20.5 Å². The third-order valence-electron chi connectivity index (χ3n) is 5.95. The number of hydrogen-bond donors (Lipinski definition) is 3. The molecular formula is C24H26N2O5. The van der Waals surface area contributed by atoms with Gasteiger partial charge in [-0.1, -0.05) is 61.4 Å². The molecule has 7 heteroatoms. The van der Waals surface area contributed by atoms with E-state index in [4.69, 9.17) is 4.74 Å². The van der Waals surface area contributed by atoms with Gasteiger partial charge in [-0.3, -0.25) is 4.79 Å². The third-order valence-corrected chi connectivity index (χ3v) is 5.95. The predicted molar refractivity (Wildman–Crippen MR) is 115 cm³/mol. The second kappa shape index (κ2) is 8.79. The second-order valence-corrected chi connectivity index (χ2v) is 8.27. The summed E-state index contributed by atoms with van der Waals surface area (Å²) in [4.78, 5) is 36.0. The van der Waals surface area contributed by atoms with E-state index < -0.39 is 30.1 Å². The molecule has 2 aliphatic carbocycles. The van der Waals surface area contributed by atoms with Crippen LogP contribution in [0, 0.1) is 5.92 Å². The molecule has 31 heavy (non-hydrogen) atoms. The zero-order valence-corrected chi connectivity index (χ0v) is 17.3. The molecule has 2 aliphatic rings. The van der Waals surface area contributed by atoms with Crippen LogP contribution in [0.5, 0.6) is 0 Å². The summed E-state index contributed by atoms with van der Waals surface area (Å²) in [5, 5.41) is 14.3. The Morgan fingerprint density at radius 3 is 2.13 bits per heavy atom. The first-order chi connectivity index (χ1) is 14.9. The van der Waals surface area contributed by atoms with Gasteiger partial charge in [-0.2, -0.15) is 0 Å². The van der Waals surface area contributed by atoms with Crippen molar-refractivity contribution in [1.82, 2.24) is 10.6 Å². The van der Waals surface area contributed by atoms with Crippen LogP contribution in [0.25, 0.3) is 11.1 Å². The highest BCUT2D eigenvalue weighted by Crippen LogP contribution is 2.44. The average Bonchev–Trinajstić information content (AvgIpc) is 3.52. The summed E-state index contributed by atoms with van der Waals surface area (Å²) < 4.78 is 5.44. The molecule has 2 aromatic rings. The van der Waals surface area contributed by atoms with Crippen molar-refractivity contribution < 1.29 is 24.2 Å². The molecule has 0 radical (unpaired) electrons. The lowest BCUT2D eigenvalue weighted by molar-refractivity contribution is -0.142. The lowest BCUT2D eigenvalue weighted by Crippen LogP contribution is -2.50. The van der Waals surface area contributed by atoms with E-state index in [2.05, 4.69) is 22.8 Å². The van der Waals surface area contributed by atoms with Gasteiger partial charge in [0.15, 0.2) is 0 Å². The molecule has 0 spiro atoms. The van der Waals surface area contributed by atoms with Crippen LogP contribution in [0.1, 0.15) is 43.2 Å². The van der Waals surface area contributed by atoms with E-state index in [0.29, 0.717) is 12.3 Å². The molecule has 1 unspecified atom stereocenters. The summed E-state index contributed by atoms with van der Waals surface area (Å²) in [6, 6.07) is 14.2. The van der Waals surface area contributed by atoms with Gasteiger partial charge in [-0.05, 0) is 41.5 Å². The van der Waals surface area contributed by atoms with Crippen LogP contribution in [0.4, 0.5) is 4.79 Å². The van der Waals surface area contributed by atoms with E-state index in [-0.39, 0.29) is 12.5 Å². The zero-order chi connectivity index (χ0) is 22.0. The Balaban J connectivity index is 1.33. The van der Waals surface area contributed by atoms with Crippen molar-refractivity contribution in [2.75, 3.05) is 6.61 Å². The van der Waals surface area contributed by atoms with Crippen molar-refractivity contribution in [1.29, 1.82) is 0 Å². The van der Waals surface area contributed by atoms with Crippen LogP contribution >= 0.6 is 0 Å². The van der Waals surface area contributed by atoms with E-state index in [0.717, 1.165) is 35.1 Å². The largest absolute Gasteiger partial charge is 0.480 e. The van der Waals surface area contributed by atoms with Crippen molar-refractivity contribution >= 4 is 18.0 Å². The van der Waals surface area contributed by atoms with Crippen molar-refractivity contribution in [3.8, 4) is 11.1 Å². The molecule has 0 saturated heterocycles. The Bertz CT molecular complexity index is 955. The lowest BCUT2D eigenvalue weighted by Gasteiger charge is -2.19. The highest BCUT2D eigenvalue weighted by Gasteiger charge is 2.32. The van der Waals surface area contributed by atoms with Crippen LogP contribution in [-0.2, 0) is 14.3 Å². The molecule has 0 heterocycles. The van der Waals surface area contributed by atoms with Gasteiger partial charge in [-0.15, -0.1) is 0 Å². The van der Waals surface area contributed by atoms with Gasteiger partial charge in [0, 0.05) is 5.92 Å². The highest BCUT2D eigenvalue weighted by molar-refractivity contribution is 5.89. The van der Waals surface area contributed by atoms with Crippen molar-refractivity contribution in [2.24, 2.45) is 5.92 Å². The second-order valence-electron chi connectivity index (χ2n) is 8.27. The fourth-order valence-corrected chi connectivity index (χ4v) is 4.09. The number of ether oxygens (including phenoxy) is 1. The van der Waals surface area contributed by atoms with Gasteiger partial charge in [0.05, 0.1) is 0 Å². The molecule has 0 aromatic heterocycles. The fourth-order valence-electron chi connectivity index (χ4n) is 4.09. The SMILES string of the molecule is C[C@H](NC(=O)OCC1c2ccccc2-c2ccccc21)C(=O)NC(CC1CC1)C(=O)O. The van der Waals surface area contributed by atoms with E-state index in [9.17, 15) is 19.5 Å². The molecule has 2 amide bonds. The van der Waals surface area contributed by atoms with Crippen LogP contribution in [0.2, 0.25) is 0 Å². The quantitative estimate of drug-likeness (QED) is 0.606. The molecule has 1 fully saturated rings. The number of amides is 2. The number of alkyl carbamates (subject to hydrolysis) is 1. The van der Waals surface area contributed by atoms with Crippen molar-refractivity contribution in [2.45, 2.75) is 44.2 Å². The van der Waals surface area contributed by atoms with Gasteiger partial charge in [0.25, 0.3) is 0 Å². The van der Waals surface area contributed by atoms with E-state index in [1.54, 1.807) is 0 Å². The molecule has 0 aliphatic heterocycles. The number of hydrogen-bond acceptors (Lipinski definition) is 4. The molecule has 3 N–H and O–H groups in total. The monoisotopic (exact) mass is 422 g/mol. The van der Waals surface area contributed by atoms with Crippen molar-refractivity contribution in [3.63, 3.8) is 0 Å². The number of carboxylic acids is 1. The number of rotatable bonds is 8. The summed E-state index contributed by atoms with van der Waals surface area (Å²) in [5.41, 5.74) is 4.48. The maximum Gasteiger partial charge on any atom is 0.407 e. The fraction of sp³-hybridized carbons (Fsp3) is 0.375. The van der Waals surface area contributed by atoms with Gasteiger partial charge >= 0.3 is 12.1 Å². The first kappa shape index (κ1) is 20.9. The molecule has 162 valence electrons. The van der Waals surface area contributed by atoms with E-state index >= 15 is 0 Å². The highest BCUT2D eigenvalue weighted by atomic mass is 16.5. The van der Waals surface area contributed by atoms with Crippen LogP contribution in [0.15, 0.2) is 48.5 Å². The number of carbonyl (C=O) groups is 3. The van der Waals surface area contributed by atoms with Gasteiger partial charge in [-0.25, -0.2) is 9.59 Å². The topological polar surface area (TPSA) is 105 Å². The van der Waals surface area contributed by atoms with Gasteiger partial charge in [0.1, 0.15) is 18.7 Å². The number of nitrogens with one attached hydrogen (secondary N) is 2. The Morgan fingerprint density at radius 2 is 1.58 bits per heavy atom. The summed E-state index contributed by atoms with van der Waals surface area (Å²) >= 11 is 0. The van der Waals surface area contributed by atoms with E-state index in [1.165, 1.54) is 6.92 Å². The molecule has 1 saturated carbocycles. The molecule has 2 atom stereocenters. The Kier molecular flexibility index (Phi) is 5.93. The number of fused-ring (bicyclic) bond motifs is 3. The maximum absolute atomic E-state index is 12.3. The third kappa shape index (κ3) is 4.71. The first-order valence-corrected chi connectivity index (χ1v) is 10.6. The molecule has 4 rings (SSSR count). The first-order valence-electron chi connectivity index (χ1n) is 10.6. The Hall–Kier alpha value is -3.35. The Morgan fingerprint density at radius 1 is 1.00 bits per heavy atom. The van der Waals surface area contributed by atoms with Crippen LogP contribution in [-0.4, -0.2) is 41.8 Å². The summed E-state index contributed by atoms with van der Waals surface area (Å²) in [7, 11) is 0. The number of aliphatic carboxylic acids is 1. The maximum atomic E-state index is 12.3. The Labute approximate surface area is 180 Å². The lowest BCUT2D eigenvalue weighted by atomic mass is 9.98. The van der Waals surface area contributed by atoms with E-state index in [1.807, 2.05) is 36.4 Å². The zero-order valence-electron chi connectivity index (χ0n) is 17.3. The van der Waals surface area contributed by atoms with Crippen molar-refractivity contribution in [3.05, 3.63) is 59.7 Å². The number of carbonyl (C=O) groups excluding carboxylic acids is 2. The minimum Gasteiger partial charge on any atom is -0.480 e. The summed E-state index contributed by atoms with van der Waals surface area (Å²) in [6.07, 6.45) is 1.69. The van der Waals surface area contributed by atoms with Crippen LogP contribution < -0.4 is 10.6 Å². The standard InChI is InChI=1S/C24H26N2O5/c1-14(22(27)26-21(23(28)29)12-15-10-11-15)25-24(30)31-13-20-18-8-4-2-6-16(18)17-7-3-5-9-19(17)20/h2-9,14-15,20-21H,10-13H2,1H3,(H,25,30)(H,26,27)(H,28,29)/t14-,21?/m0/s1. The minimum absolute atomic E-state index is 0.0720. The summed E-state index contributed by atoms with van der Waals surface area (Å²) in [5.74, 6) is -1.32. The van der Waals surface area contributed by atoms with Crippen LogP contribution in [0.3, 0.4) is 0 Å². The van der Waals surface area contributed by atoms with Gasteiger partial charge in [0.2, 0.25) is 5.91 Å². The molecule has 2 aromatic carbocycles. The smallest absolute Gasteiger partial charge is 0.407 e. The number of carboxylic acid groups (broad SMARTS) is 1. The average molecular weight is 422 g/mol. The molecular weight excluding hydrogens is 396 g/mol.